The first-order valence-electron chi connectivity index (χ1n) is 10.6. The number of aromatic nitrogens is 3. The number of nitrogens with one attached hydrogen (secondary N) is 1. The van der Waals surface area contributed by atoms with Crippen molar-refractivity contribution >= 4 is 38.8 Å². The number of nitrogens with zero attached hydrogens (tertiary/aromatic N) is 3. The number of nitrogen functional groups attached to an aromatic ring is 2. The van der Waals surface area contributed by atoms with E-state index in [1.807, 2.05) is 31.2 Å². The summed E-state index contributed by atoms with van der Waals surface area (Å²) >= 11 is 0.991. The molecule has 2 aromatic carbocycles. The number of thiophene rings is 1. The normalized spacial score (nSPS) is 10.9. The fourth-order valence-corrected chi connectivity index (χ4v) is 5.00. The lowest BCUT2D eigenvalue weighted by Crippen LogP contribution is -2.41. The molecule has 0 fully saturated rings. The van der Waals surface area contributed by atoms with Gasteiger partial charge in [-0.1, -0.05) is 29.8 Å². The second kappa shape index (κ2) is 8.68. The quantitative estimate of drug-likeness (QED) is 0.245. The van der Waals surface area contributed by atoms with E-state index in [0.717, 1.165) is 16.9 Å². The average Bonchev–Trinajstić information content (AvgIpc) is 3.43. The van der Waals surface area contributed by atoms with Gasteiger partial charge in [0, 0.05) is 23.1 Å². The lowest BCUT2D eigenvalue weighted by molar-refractivity contribution is -0.672. The van der Waals surface area contributed by atoms with Crippen LogP contribution < -0.4 is 26.5 Å². The van der Waals surface area contributed by atoms with Crippen LogP contribution >= 0.6 is 11.3 Å². The highest BCUT2D eigenvalue weighted by Gasteiger charge is 2.35. The number of H-pyrrole nitrogens is 1. The Bertz CT molecular complexity index is 1740. The minimum atomic E-state index is -0.864. The molecule has 0 bridgehead atoms. The van der Waals surface area contributed by atoms with Crippen LogP contribution in [-0.4, -0.2) is 23.1 Å². The lowest BCUT2D eigenvalue weighted by Gasteiger charge is -2.10. The fraction of sp³-hybridized carbons (Fsp3) is 0.0800. The molecule has 0 aliphatic heterocycles. The van der Waals surface area contributed by atoms with Crippen molar-refractivity contribution in [3.05, 3.63) is 80.6 Å². The van der Waals surface area contributed by atoms with E-state index in [9.17, 15) is 14.9 Å². The third-order valence-electron chi connectivity index (χ3n) is 5.76. The molecule has 0 aliphatic carbocycles. The van der Waals surface area contributed by atoms with E-state index < -0.39 is 11.4 Å². The summed E-state index contributed by atoms with van der Waals surface area (Å²) in [6.07, 6.45) is 0. The number of hydrogen-bond acceptors (Lipinski definition) is 9. The maximum Gasteiger partial charge on any atom is 0.439 e. The predicted octanol–water partition coefficient (Wildman–Crippen LogP) is 3.11. The van der Waals surface area contributed by atoms with Crippen LogP contribution in [0.25, 0.3) is 27.0 Å². The number of anilines is 2. The van der Waals surface area contributed by atoms with Crippen LogP contribution in [0.15, 0.2) is 57.8 Å². The highest BCUT2D eigenvalue weighted by molar-refractivity contribution is 7.21. The number of fused-ring (bicyclic) bond motifs is 1. The molecular formula is C25H19N6O4S+. The number of rotatable bonds is 5. The molecule has 11 heteroatoms. The Labute approximate surface area is 207 Å². The maximum absolute atomic E-state index is 13.6. The van der Waals surface area contributed by atoms with E-state index in [4.69, 9.17) is 20.7 Å². The molecule has 5 N–H and O–H groups in total. The molecule has 10 nitrogen and oxygen atoms in total. The van der Waals surface area contributed by atoms with Crippen molar-refractivity contribution in [1.29, 1.82) is 5.26 Å². The molecule has 0 unspecified atom stereocenters. The van der Waals surface area contributed by atoms with Crippen LogP contribution in [0.1, 0.15) is 26.5 Å². The first-order chi connectivity index (χ1) is 17.3. The summed E-state index contributed by atoms with van der Waals surface area (Å²) in [6, 6.07) is 16.3. The second-order valence-electron chi connectivity index (χ2n) is 7.94. The van der Waals surface area contributed by atoms with Crippen LogP contribution in [-0.2, 0) is 0 Å². The third-order valence-corrected chi connectivity index (χ3v) is 6.85. The Morgan fingerprint density at radius 2 is 1.86 bits per heavy atom. The van der Waals surface area contributed by atoms with Crippen molar-refractivity contribution in [2.75, 3.05) is 18.6 Å². The van der Waals surface area contributed by atoms with Gasteiger partial charge in [-0.3, -0.25) is 9.32 Å². The van der Waals surface area contributed by atoms with Crippen LogP contribution in [0.5, 0.6) is 5.75 Å². The standard InChI is InChI=1S/C25H18N6O4S/c1-12-3-5-13(6-4-12)17-16(11-26)23(28)29-24-18(17)19(27)22(36-24)21(32)20-25(33)35-30-31(20)14-7-9-15(34-2)10-8-14/h3-10H,1-2H3,(H4-,27,28,29,30,32,33)/p+1. The lowest BCUT2D eigenvalue weighted by atomic mass is 9.96. The number of nitriles is 1. The number of pyridine rings is 1. The van der Waals surface area contributed by atoms with Crippen molar-refractivity contribution in [3.8, 4) is 28.6 Å². The van der Waals surface area contributed by atoms with Crippen LogP contribution in [0.2, 0.25) is 0 Å². The number of hydrogen-bond donors (Lipinski definition) is 3. The van der Waals surface area contributed by atoms with E-state index in [1.165, 1.54) is 11.8 Å². The molecule has 0 saturated heterocycles. The summed E-state index contributed by atoms with van der Waals surface area (Å²) in [4.78, 5) is 31.0. The summed E-state index contributed by atoms with van der Waals surface area (Å²) in [7, 11) is 1.53. The van der Waals surface area contributed by atoms with Gasteiger partial charge in [-0.15, -0.1) is 11.3 Å². The molecule has 3 aromatic heterocycles. The van der Waals surface area contributed by atoms with Gasteiger partial charge in [0.25, 0.3) is 5.78 Å². The predicted molar refractivity (Wildman–Crippen MR) is 134 cm³/mol. The highest BCUT2D eigenvalue weighted by Crippen LogP contribution is 2.43. The molecule has 0 amide bonds. The van der Waals surface area contributed by atoms with E-state index >= 15 is 0 Å². The summed E-state index contributed by atoms with van der Waals surface area (Å²) in [5.74, 6) is -0.0315. The Morgan fingerprint density at radius 1 is 1.17 bits per heavy atom. The van der Waals surface area contributed by atoms with E-state index in [0.29, 0.717) is 32.8 Å². The van der Waals surface area contributed by atoms with Crippen LogP contribution in [0.4, 0.5) is 11.5 Å². The van der Waals surface area contributed by atoms with Gasteiger partial charge in [0.1, 0.15) is 32.9 Å². The van der Waals surface area contributed by atoms with Gasteiger partial charge in [-0.2, -0.15) is 5.26 Å². The topological polar surface area (TPSA) is 165 Å². The third kappa shape index (κ3) is 3.57. The Kier molecular flexibility index (Phi) is 5.50. The molecule has 36 heavy (non-hydrogen) atoms. The number of carbonyl (C=O) groups excluding carboxylic acids is 1. The summed E-state index contributed by atoms with van der Waals surface area (Å²) < 4.78 is 11.3. The molecule has 5 rings (SSSR count). The number of ketones is 1. The summed E-state index contributed by atoms with van der Waals surface area (Å²) in [6.45, 7) is 1.95. The van der Waals surface area contributed by atoms with E-state index in [1.54, 1.807) is 24.3 Å². The van der Waals surface area contributed by atoms with Gasteiger partial charge in [0.2, 0.25) is 5.69 Å². The zero-order valence-corrected chi connectivity index (χ0v) is 20.0. The SMILES string of the molecule is COc1ccc(-[n+]2[nH]oc(=O)c2C(=O)c2sc3nc(N)c(C#N)c(-c4ccc(C)cc4)c3c2N)cc1. The van der Waals surface area contributed by atoms with Crippen molar-refractivity contribution in [3.63, 3.8) is 0 Å². The number of ether oxygens (including phenoxy) is 1. The zero-order chi connectivity index (χ0) is 25.6. The van der Waals surface area contributed by atoms with Crippen molar-refractivity contribution in [2.24, 2.45) is 0 Å². The van der Waals surface area contributed by atoms with E-state index in [2.05, 4.69) is 16.3 Å². The summed E-state index contributed by atoms with van der Waals surface area (Å²) in [5.41, 5.74) is 14.4. The second-order valence-corrected chi connectivity index (χ2v) is 8.94. The molecule has 0 spiro atoms. The number of benzene rings is 2. The van der Waals surface area contributed by atoms with Crippen LogP contribution in [0.3, 0.4) is 0 Å². The molecule has 0 atom stereocenters. The van der Waals surface area contributed by atoms with Gasteiger partial charge in [0.15, 0.2) is 0 Å². The first-order valence-corrected chi connectivity index (χ1v) is 11.5. The minimum Gasteiger partial charge on any atom is -0.497 e. The number of aromatic amines is 1. The maximum atomic E-state index is 13.6. The van der Waals surface area contributed by atoms with E-state index in [-0.39, 0.29) is 27.6 Å². The molecule has 5 aromatic rings. The summed E-state index contributed by atoms with van der Waals surface area (Å²) in [5, 5.41) is 12.7. The highest BCUT2D eigenvalue weighted by atomic mass is 32.1. The van der Waals surface area contributed by atoms with Gasteiger partial charge >= 0.3 is 11.3 Å². The smallest absolute Gasteiger partial charge is 0.439 e. The number of nitrogens with two attached hydrogens (primary N) is 2. The molecule has 178 valence electrons. The monoisotopic (exact) mass is 499 g/mol. The van der Waals surface area contributed by atoms with Gasteiger partial charge in [-0.25, -0.2) is 9.78 Å². The Hall–Kier alpha value is -4.95. The van der Waals surface area contributed by atoms with Gasteiger partial charge in [0.05, 0.1) is 12.8 Å². The van der Waals surface area contributed by atoms with Gasteiger partial charge in [-0.05, 0) is 34.6 Å². The molecule has 0 saturated carbocycles. The van der Waals surface area contributed by atoms with Gasteiger partial charge < -0.3 is 16.2 Å². The fourth-order valence-electron chi connectivity index (χ4n) is 3.95. The molecule has 3 heterocycles. The molecule has 0 aliphatic rings. The van der Waals surface area contributed by atoms with Crippen molar-refractivity contribution in [2.45, 2.75) is 6.92 Å². The number of aryl methyl sites for hydroxylation is 1. The molecule has 0 radical (unpaired) electrons. The minimum absolute atomic E-state index is 0.0234. The zero-order valence-electron chi connectivity index (χ0n) is 19.2. The van der Waals surface area contributed by atoms with Crippen LogP contribution in [0, 0.1) is 18.3 Å². The average molecular weight is 500 g/mol. The largest absolute Gasteiger partial charge is 0.497 e. The number of methoxy groups -OCH3 is 1. The van der Waals surface area contributed by atoms with Crippen molar-refractivity contribution < 1.29 is 18.7 Å². The Morgan fingerprint density at radius 3 is 2.50 bits per heavy atom. The number of carbonyl (C=O) groups is 1. The Balaban J connectivity index is 1.72. The first kappa shape index (κ1) is 22.8. The molecular weight excluding hydrogens is 480 g/mol. The van der Waals surface area contributed by atoms with Crippen molar-refractivity contribution in [1.82, 2.24) is 10.3 Å².